The molecule has 3 heterocycles. The second kappa shape index (κ2) is 8.20. The molecule has 0 radical (unpaired) electrons. The summed E-state index contributed by atoms with van der Waals surface area (Å²) >= 11 is 11.6. The fourth-order valence-electron chi connectivity index (χ4n) is 3.10. The minimum Gasteiger partial charge on any atom is -0.376 e. The van der Waals surface area contributed by atoms with Crippen molar-refractivity contribution in [3.05, 3.63) is 16.4 Å². The standard InChI is InChI=1S/C15H22ClN5O3S2/c1-10-13(8-18-19-15(25)17-7-12-3-2-5-24-12)14(16)21(20-10)11-4-6-26(22,23)9-11/h8,11-12H,2-7,9H2,1H3,(H2,17,19,25)/b18-8-/t11-,12-/m0/s1. The van der Waals surface area contributed by atoms with Crippen LogP contribution in [-0.4, -0.2) is 60.3 Å². The molecule has 11 heteroatoms. The van der Waals surface area contributed by atoms with E-state index in [4.69, 9.17) is 28.6 Å². The first-order valence-electron chi connectivity index (χ1n) is 8.49. The third-order valence-corrected chi connectivity index (χ3v) is 6.86. The normalized spacial score (nSPS) is 25.0. The number of hydrogen-bond acceptors (Lipinski definition) is 6. The van der Waals surface area contributed by atoms with Gasteiger partial charge in [-0.1, -0.05) is 11.6 Å². The lowest BCUT2D eigenvalue weighted by molar-refractivity contribution is 0.114. The summed E-state index contributed by atoms with van der Waals surface area (Å²) in [6.07, 6.45) is 4.37. The van der Waals surface area contributed by atoms with Crippen molar-refractivity contribution >= 4 is 45.0 Å². The molecule has 8 nitrogen and oxygen atoms in total. The van der Waals surface area contributed by atoms with Gasteiger partial charge in [-0.25, -0.2) is 13.1 Å². The molecule has 2 aliphatic heterocycles. The van der Waals surface area contributed by atoms with Crippen molar-refractivity contribution < 1.29 is 13.2 Å². The quantitative estimate of drug-likeness (QED) is 0.420. The molecule has 0 aromatic carbocycles. The van der Waals surface area contributed by atoms with E-state index in [9.17, 15) is 8.42 Å². The molecule has 0 bridgehead atoms. The predicted molar refractivity (Wildman–Crippen MR) is 105 cm³/mol. The molecule has 2 saturated heterocycles. The van der Waals surface area contributed by atoms with Crippen LogP contribution >= 0.6 is 23.8 Å². The Morgan fingerprint density at radius 3 is 3.00 bits per heavy atom. The van der Waals surface area contributed by atoms with E-state index in [0.717, 1.165) is 19.4 Å². The van der Waals surface area contributed by atoms with Gasteiger partial charge in [-0.2, -0.15) is 10.2 Å². The van der Waals surface area contributed by atoms with Gasteiger partial charge in [0.05, 0.1) is 41.1 Å². The maximum Gasteiger partial charge on any atom is 0.187 e. The zero-order valence-electron chi connectivity index (χ0n) is 14.4. The number of ether oxygens (including phenoxy) is 1. The molecule has 0 unspecified atom stereocenters. The Kier molecular flexibility index (Phi) is 6.16. The molecule has 0 aliphatic carbocycles. The van der Waals surface area contributed by atoms with Crippen molar-refractivity contribution in [2.24, 2.45) is 5.10 Å². The Morgan fingerprint density at radius 1 is 1.54 bits per heavy atom. The Hall–Kier alpha value is -1.23. The summed E-state index contributed by atoms with van der Waals surface area (Å²) in [4.78, 5) is 0. The highest BCUT2D eigenvalue weighted by molar-refractivity contribution is 7.91. The molecule has 2 fully saturated rings. The number of sulfone groups is 1. The average Bonchev–Trinajstić information content (AvgIpc) is 3.28. The van der Waals surface area contributed by atoms with E-state index in [1.54, 1.807) is 17.8 Å². The van der Waals surface area contributed by atoms with E-state index >= 15 is 0 Å². The highest BCUT2D eigenvalue weighted by Gasteiger charge is 2.31. The van der Waals surface area contributed by atoms with Gasteiger partial charge >= 0.3 is 0 Å². The van der Waals surface area contributed by atoms with Crippen molar-refractivity contribution in [3.8, 4) is 0 Å². The maximum atomic E-state index is 11.7. The van der Waals surface area contributed by atoms with Gasteiger partial charge in [0.25, 0.3) is 0 Å². The molecular formula is C15H22ClN5O3S2. The molecule has 2 N–H and O–H groups in total. The molecule has 0 spiro atoms. The number of halogens is 1. The summed E-state index contributed by atoms with van der Waals surface area (Å²) in [5.74, 6) is 0.239. The highest BCUT2D eigenvalue weighted by Crippen LogP contribution is 2.29. The zero-order chi connectivity index (χ0) is 18.7. The van der Waals surface area contributed by atoms with Gasteiger partial charge in [-0.15, -0.1) is 0 Å². The Balaban J connectivity index is 1.57. The molecule has 2 atom stereocenters. The van der Waals surface area contributed by atoms with E-state index in [0.29, 0.717) is 34.5 Å². The van der Waals surface area contributed by atoms with Crippen molar-refractivity contribution in [1.29, 1.82) is 0 Å². The molecular weight excluding hydrogens is 398 g/mol. The molecule has 0 amide bonds. The first-order chi connectivity index (χ1) is 12.4. The second-order valence-corrected chi connectivity index (χ2v) is 9.50. The smallest absolute Gasteiger partial charge is 0.187 e. The maximum absolute atomic E-state index is 11.7. The van der Waals surface area contributed by atoms with Crippen LogP contribution in [0, 0.1) is 6.92 Å². The van der Waals surface area contributed by atoms with Crippen LogP contribution in [0.3, 0.4) is 0 Å². The van der Waals surface area contributed by atoms with Gasteiger partial charge in [0.1, 0.15) is 5.15 Å². The first kappa shape index (κ1) is 19.5. The average molecular weight is 420 g/mol. The van der Waals surface area contributed by atoms with Crippen LogP contribution in [0.1, 0.15) is 36.6 Å². The molecule has 2 aliphatic rings. The predicted octanol–water partition coefficient (Wildman–Crippen LogP) is 1.18. The lowest BCUT2D eigenvalue weighted by Gasteiger charge is -2.11. The van der Waals surface area contributed by atoms with Gasteiger partial charge in [-0.05, 0) is 38.4 Å². The topological polar surface area (TPSA) is 97.6 Å². The summed E-state index contributed by atoms with van der Waals surface area (Å²) in [7, 11) is -3.01. The number of aromatic nitrogens is 2. The molecule has 26 heavy (non-hydrogen) atoms. The largest absolute Gasteiger partial charge is 0.376 e. The Labute approximate surface area is 163 Å². The number of thiocarbonyl (C=S) groups is 1. The van der Waals surface area contributed by atoms with Crippen LogP contribution in [0.25, 0.3) is 0 Å². The first-order valence-corrected chi connectivity index (χ1v) is 11.1. The summed E-state index contributed by atoms with van der Waals surface area (Å²) in [6, 6.07) is -0.226. The van der Waals surface area contributed by atoms with Crippen molar-refractivity contribution in [2.45, 2.75) is 38.3 Å². The molecule has 3 rings (SSSR count). The van der Waals surface area contributed by atoms with E-state index in [1.807, 2.05) is 0 Å². The van der Waals surface area contributed by atoms with Crippen molar-refractivity contribution in [1.82, 2.24) is 20.5 Å². The van der Waals surface area contributed by atoms with E-state index in [-0.39, 0.29) is 23.7 Å². The number of hydrogen-bond donors (Lipinski definition) is 2. The number of nitrogens with zero attached hydrogens (tertiary/aromatic N) is 3. The lowest BCUT2D eigenvalue weighted by atomic mass is 10.2. The minimum absolute atomic E-state index is 0.0694. The van der Waals surface area contributed by atoms with Crippen LogP contribution < -0.4 is 10.7 Å². The Bertz CT molecular complexity index is 802. The lowest BCUT2D eigenvalue weighted by Crippen LogP contribution is -2.37. The van der Waals surface area contributed by atoms with Gasteiger partial charge in [0.2, 0.25) is 0 Å². The third-order valence-electron chi connectivity index (χ3n) is 4.50. The SMILES string of the molecule is Cc1nn([C@H]2CCS(=O)(=O)C2)c(Cl)c1/C=N\NC(=S)NC[C@@H]1CCCO1. The van der Waals surface area contributed by atoms with Crippen molar-refractivity contribution in [2.75, 3.05) is 24.7 Å². The second-order valence-electron chi connectivity index (χ2n) is 6.51. The van der Waals surface area contributed by atoms with Crippen LogP contribution in [0.4, 0.5) is 0 Å². The number of nitrogens with one attached hydrogen (secondary N) is 2. The fraction of sp³-hybridized carbons (Fsp3) is 0.667. The number of hydrazone groups is 1. The van der Waals surface area contributed by atoms with Crippen LogP contribution in [0.15, 0.2) is 5.10 Å². The van der Waals surface area contributed by atoms with E-state index < -0.39 is 9.84 Å². The molecule has 1 aromatic rings. The molecule has 1 aromatic heterocycles. The molecule has 144 valence electrons. The van der Waals surface area contributed by atoms with Crippen molar-refractivity contribution in [3.63, 3.8) is 0 Å². The van der Waals surface area contributed by atoms with Crippen LogP contribution in [-0.2, 0) is 14.6 Å². The fourth-order valence-corrected chi connectivity index (χ4v) is 5.29. The van der Waals surface area contributed by atoms with Gasteiger partial charge in [-0.3, -0.25) is 5.43 Å². The van der Waals surface area contributed by atoms with Gasteiger partial charge in [0, 0.05) is 13.2 Å². The number of aryl methyl sites for hydroxylation is 1. The van der Waals surface area contributed by atoms with Gasteiger partial charge < -0.3 is 10.1 Å². The third kappa shape index (κ3) is 4.73. The Morgan fingerprint density at radius 2 is 2.35 bits per heavy atom. The van der Waals surface area contributed by atoms with Crippen LogP contribution in [0.5, 0.6) is 0 Å². The monoisotopic (exact) mass is 419 g/mol. The minimum atomic E-state index is -3.01. The summed E-state index contributed by atoms with van der Waals surface area (Å²) in [6.45, 7) is 3.26. The van der Waals surface area contributed by atoms with Gasteiger partial charge in [0.15, 0.2) is 14.9 Å². The highest BCUT2D eigenvalue weighted by atomic mass is 35.5. The summed E-state index contributed by atoms with van der Waals surface area (Å²) in [5.41, 5.74) is 4.07. The zero-order valence-corrected chi connectivity index (χ0v) is 16.8. The van der Waals surface area contributed by atoms with Crippen LogP contribution in [0.2, 0.25) is 5.15 Å². The molecule has 0 saturated carbocycles. The summed E-state index contributed by atoms with van der Waals surface area (Å²) < 4.78 is 30.4. The number of rotatable bonds is 5. The van der Waals surface area contributed by atoms with E-state index in [1.165, 1.54) is 0 Å². The van der Waals surface area contributed by atoms with E-state index in [2.05, 4.69) is 20.9 Å². The summed E-state index contributed by atoms with van der Waals surface area (Å²) in [5, 5.41) is 12.3.